The molecule has 2 aliphatic rings. The van der Waals surface area contributed by atoms with Crippen LogP contribution in [0.25, 0.3) is 0 Å². The molecule has 0 spiro atoms. The molecule has 0 saturated carbocycles. The van der Waals surface area contributed by atoms with Crippen molar-refractivity contribution < 1.29 is 14.3 Å². The molecular weight excluding hydrogens is 256 g/mol. The van der Waals surface area contributed by atoms with Gasteiger partial charge in [-0.3, -0.25) is 9.69 Å². The van der Waals surface area contributed by atoms with Crippen LogP contribution in [-0.4, -0.2) is 62.4 Å². The Morgan fingerprint density at radius 2 is 2.00 bits per heavy atom. The molecule has 0 radical (unpaired) electrons. The van der Waals surface area contributed by atoms with Crippen molar-refractivity contribution in [2.75, 3.05) is 39.5 Å². The first-order valence-corrected chi connectivity index (χ1v) is 8.03. The molecular formula is C15H28N2O3. The Balaban J connectivity index is 1.73. The molecule has 1 N–H and O–H groups in total. The zero-order valence-electron chi connectivity index (χ0n) is 12.6. The number of hydrogen-bond donors (Lipinski definition) is 1. The van der Waals surface area contributed by atoms with Crippen LogP contribution in [0.2, 0.25) is 0 Å². The molecule has 2 aliphatic heterocycles. The summed E-state index contributed by atoms with van der Waals surface area (Å²) in [5.41, 5.74) is 0. The molecule has 1 unspecified atom stereocenters. The topological polar surface area (TPSA) is 50.8 Å². The van der Waals surface area contributed by atoms with Crippen molar-refractivity contribution in [1.29, 1.82) is 0 Å². The second-order valence-electron chi connectivity index (χ2n) is 5.66. The predicted octanol–water partition coefficient (Wildman–Crippen LogP) is 1.17. The Kier molecular flexibility index (Phi) is 6.76. The summed E-state index contributed by atoms with van der Waals surface area (Å²) in [4.78, 5) is 14.6. The number of nitrogens with one attached hydrogen (secondary N) is 1. The molecule has 5 nitrogen and oxygen atoms in total. The molecule has 116 valence electrons. The number of carbonyl (C=O) groups is 1. The number of piperidine rings is 1. The van der Waals surface area contributed by atoms with Gasteiger partial charge in [0.1, 0.15) is 12.6 Å². The minimum absolute atomic E-state index is 0.0238. The Morgan fingerprint density at radius 3 is 2.75 bits per heavy atom. The monoisotopic (exact) mass is 284 g/mol. The number of carbonyl (C=O) groups excluding carboxylic acids is 1. The largest absolute Gasteiger partial charge is 0.462 e. The van der Waals surface area contributed by atoms with Gasteiger partial charge < -0.3 is 14.8 Å². The molecule has 0 aliphatic carbocycles. The summed E-state index contributed by atoms with van der Waals surface area (Å²) in [5.74, 6) is -0.0545. The lowest BCUT2D eigenvalue weighted by Gasteiger charge is -2.34. The molecule has 2 saturated heterocycles. The summed E-state index contributed by atoms with van der Waals surface area (Å²) in [6.07, 6.45) is 5.33. The van der Waals surface area contributed by atoms with Crippen molar-refractivity contribution in [2.24, 2.45) is 0 Å². The van der Waals surface area contributed by atoms with Crippen molar-refractivity contribution in [1.82, 2.24) is 10.2 Å². The zero-order valence-corrected chi connectivity index (χ0v) is 12.6. The second kappa shape index (κ2) is 8.60. The third-order valence-electron chi connectivity index (χ3n) is 4.16. The van der Waals surface area contributed by atoms with Crippen LogP contribution in [0, 0.1) is 0 Å². The van der Waals surface area contributed by atoms with Crippen LogP contribution < -0.4 is 5.32 Å². The number of rotatable bonds is 7. The molecule has 20 heavy (non-hydrogen) atoms. The molecule has 0 bridgehead atoms. The molecule has 0 amide bonds. The second-order valence-corrected chi connectivity index (χ2v) is 5.66. The molecule has 2 fully saturated rings. The number of ether oxygens (including phenoxy) is 2. The van der Waals surface area contributed by atoms with E-state index in [1.165, 1.54) is 0 Å². The zero-order chi connectivity index (χ0) is 14.2. The van der Waals surface area contributed by atoms with Gasteiger partial charge in [0, 0.05) is 12.6 Å². The van der Waals surface area contributed by atoms with Crippen LogP contribution in [0.3, 0.4) is 0 Å². The normalized spacial score (nSPS) is 24.9. The number of likely N-dealkylation sites (tertiary alicyclic amines) is 1. The van der Waals surface area contributed by atoms with Crippen molar-refractivity contribution in [2.45, 2.75) is 51.1 Å². The fraction of sp³-hybridized carbons (Fsp3) is 0.933. The van der Waals surface area contributed by atoms with Crippen molar-refractivity contribution in [3.05, 3.63) is 0 Å². The van der Waals surface area contributed by atoms with Crippen molar-refractivity contribution >= 4 is 5.97 Å². The SMILES string of the molecule is CCCOCCOC(=O)C1CCCN1C1CCNCC1. The van der Waals surface area contributed by atoms with E-state index in [1.54, 1.807) is 0 Å². The van der Waals surface area contributed by atoms with Gasteiger partial charge in [0.25, 0.3) is 0 Å². The molecule has 1 atom stereocenters. The van der Waals surface area contributed by atoms with E-state index in [9.17, 15) is 4.79 Å². The standard InChI is InChI=1S/C15H28N2O3/c1-2-10-19-11-12-20-15(18)14-4-3-9-17(14)13-5-7-16-8-6-13/h13-14,16H,2-12H2,1H3. The van der Waals surface area contributed by atoms with E-state index < -0.39 is 0 Å². The lowest BCUT2D eigenvalue weighted by Crippen LogP contribution is -2.48. The maximum absolute atomic E-state index is 12.2. The lowest BCUT2D eigenvalue weighted by atomic mass is 10.0. The summed E-state index contributed by atoms with van der Waals surface area (Å²) in [7, 11) is 0. The van der Waals surface area contributed by atoms with E-state index in [4.69, 9.17) is 9.47 Å². The first-order chi connectivity index (χ1) is 9.83. The number of esters is 1. The smallest absolute Gasteiger partial charge is 0.323 e. The fourth-order valence-electron chi connectivity index (χ4n) is 3.16. The van der Waals surface area contributed by atoms with E-state index in [1.807, 2.05) is 0 Å². The lowest BCUT2D eigenvalue weighted by molar-refractivity contribution is -0.151. The van der Waals surface area contributed by atoms with Crippen LogP contribution in [0.4, 0.5) is 0 Å². The molecule has 0 aromatic carbocycles. The van der Waals surface area contributed by atoms with Gasteiger partial charge in [-0.1, -0.05) is 6.92 Å². The highest BCUT2D eigenvalue weighted by Crippen LogP contribution is 2.25. The maximum Gasteiger partial charge on any atom is 0.323 e. The summed E-state index contributed by atoms with van der Waals surface area (Å²) in [6.45, 7) is 6.87. The third-order valence-corrected chi connectivity index (χ3v) is 4.16. The van der Waals surface area contributed by atoms with Crippen LogP contribution in [0.5, 0.6) is 0 Å². The fourth-order valence-corrected chi connectivity index (χ4v) is 3.16. The van der Waals surface area contributed by atoms with Gasteiger partial charge in [-0.25, -0.2) is 0 Å². The molecule has 0 aromatic heterocycles. The van der Waals surface area contributed by atoms with Crippen LogP contribution in [0.1, 0.15) is 39.0 Å². The van der Waals surface area contributed by atoms with Gasteiger partial charge in [-0.15, -0.1) is 0 Å². The molecule has 0 aromatic rings. The summed E-state index contributed by atoms with van der Waals surface area (Å²) < 4.78 is 10.7. The van der Waals surface area contributed by atoms with Crippen molar-refractivity contribution in [3.63, 3.8) is 0 Å². The van der Waals surface area contributed by atoms with E-state index in [-0.39, 0.29) is 12.0 Å². The van der Waals surface area contributed by atoms with E-state index >= 15 is 0 Å². The highest BCUT2D eigenvalue weighted by atomic mass is 16.6. The molecule has 2 rings (SSSR count). The van der Waals surface area contributed by atoms with Crippen LogP contribution >= 0.6 is 0 Å². The van der Waals surface area contributed by atoms with Gasteiger partial charge in [-0.2, -0.15) is 0 Å². The Morgan fingerprint density at radius 1 is 1.20 bits per heavy atom. The third kappa shape index (κ3) is 4.43. The highest BCUT2D eigenvalue weighted by Gasteiger charge is 2.36. The van der Waals surface area contributed by atoms with Gasteiger partial charge >= 0.3 is 5.97 Å². The average molecular weight is 284 g/mol. The number of hydrogen-bond acceptors (Lipinski definition) is 5. The summed E-state index contributed by atoms with van der Waals surface area (Å²) >= 11 is 0. The summed E-state index contributed by atoms with van der Waals surface area (Å²) in [6, 6.07) is 0.525. The quantitative estimate of drug-likeness (QED) is 0.562. The first kappa shape index (κ1) is 15.7. The van der Waals surface area contributed by atoms with Gasteiger partial charge in [0.05, 0.1) is 6.61 Å². The maximum atomic E-state index is 12.2. The summed E-state index contributed by atoms with van der Waals surface area (Å²) in [5, 5.41) is 3.38. The minimum atomic E-state index is -0.0545. The molecule has 5 heteroatoms. The van der Waals surface area contributed by atoms with E-state index in [2.05, 4.69) is 17.1 Å². The van der Waals surface area contributed by atoms with E-state index in [0.29, 0.717) is 19.3 Å². The average Bonchev–Trinajstić information content (AvgIpc) is 2.97. The molecule has 2 heterocycles. The predicted molar refractivity (Wildman–Crippen MR) is 77.7 cm³/mol. The van der Waals surface area contributed by atoms with Gasteiger partial charge in [-0.05, 0) is 51.7 Å². The van der Waals surface area contributed by atoms with Crippen LogP contribution in [-0.2, 0) is 14.3 Å². The van der Waals surface area contributed by atoms with Crippen molar-refractivity contribution in [3.8, 4) is 0 Å². The first-order valence-electron chi connectivity index (χ1n) is 8.03. The van der Waals surface area contributed by atoms with Gasteiger partial charge in [0.15, 0.2) is 0 Å². The number of nitrogens with zero attached hydrogens (tertiary/aromatic N) is 1. The Bertz CT molecular complexity index is 293. The minimum Gasteiger partial charge on any atom is -0.462 e. The van der Waals surface area contributed by atoms with E-state index in [0.717, 1.165) is 58.3 Å². The van der Waals surface area contributed by atoms with Gasteiger partial charge in [0.2, 0.25) is 0 Å². The Hall–Kier alpha value is -0.650. The highest BCUT2D eigenvalue weighted by molar-refractivity contribution is 5.76. The van der Waals surface area contributed by atoms with Crippen LogP contribution in [0.15, 0.2) is 0 Å². The Labute approximate surface area is 122 Å².